The molecular formula is C13H15ClN2O. The molecule has 4 heteroatoms. The third-order valence-corrected chi connectivity index (χ3v) is 2.88. The van der Waals surface area contributed by atoms with E-state index in [0.717, 1.165) is 11.3 Å². The number of nitrogens with one attached hydrogen (secondary N) is 2. The standard InChI is InChI=1S/C13H15ClN2O/c1-9-8-11(14)4-5-12(9)16-13(17)15-7-6-10-2-3-10/h4-8,10H,2-3H2,1H3,(H2,15,16,17)/b7-6+. The molecule has 17 heavy (non-hydrogen) atoms. The van der Waals surface area contributed by atoms with Crippen LogP contribution in [0.1, 0.15) is 18.4 Å². The monoisotopic (exact) mass is 250 g/mol. The summed E-state index contributed by atoms with van der Waals surface area (Å²) >= 11 is 5.84. The third-order valence-electron chi connectivity index (χ3n) is 2.64. The summed E-state index contributed by atoms with van der Waals surface area (Å²) in [5, 5.41) is 6.12. The fourth-order valence-corrected chi connectivity index (χ4v) is 1.70. The highest BCUT2D eigenvalue weighted by molar-refractivity contribution is 6.30. The molecule has 1 aliphatic carbocycles. The van der Waals surface area contributed by atoms with Crippen LogP contribution in [0.25, 0.3) is 0 Å². The molecule has 0 unspecified atom stereocenters. The van der Waals surface area contributed by atoms with Gasteiger partial charge < -0.3 is 10.6 Å². The Morgan fingerprint density at radius 2 is 2.24 bits per heavy atom. The minimum Gasteiger partial charge on any atom is -0.315 e. The predicted molar refractivity (Wildman–Crippen MR) is 70.2 cm³/mol. The first-order valence-electron chi connectivity index (χ1n) is 5.65. The minimum absolute atomic E-state index is 0.229. The van der Waals surface area contributed by atoms with Gasteiger partial charge in [0.05, 0.1) is 0 Å². The number of amides is 2. The molecule has 0 radical (unpaired) electrons. The van der Waals surface area contributed by atoms with Crippen LogP contribution in [-0.2, 0) is 0 Å². The van der Waals surface area contributed by atoms with E-state index in [1.807, 2.05) is 19.1 Å². The second kappa shape index (κ2) is 5.23. The van der Waals surface area contributed by atoms with Gasteiger partial charge in [-0.1, -0.05) is 17.7 Å². The number of rotatable bonds is 3. The van der Waals surface area contributed by atoms with Crippen molar-refractivity contribution in [2.45, 2.75) is 19.8 Å². The fraction of sp³-hybridized carbons (Fsp3) is 0.308. The van der Waals surface area contributed by atoms with Crippen LogP contribution in [0.4, 0.5) is 10.5 Å². The zero-order valence-corrected chi connectivity index (χ0v) is 10.4. The molecule has 1 aromatic rings. The van der Waals surface area contributed by atoms with E-state index in [4.69, 9.17) is 11.6 Å². The van der Waals surface area contributed by atoms with Crippen molar-refractivity contribution in [2.24, 2.45) is 5.92 Å². The molecule has 1 aliphatic rings. The summed E-state index contributed by atoms with van der Waals surface area (Å²) in [6.07, 6.45) is 6.19. The lowest BCUT2D eigenvalue weighted by Gasteiger charge is -2.07. The summed E-state index contributed by atoms with van der Waals surface area (Å²) in [7, 11) is 0. The Hall–Kier alpha value is -1.48. The number of urea groups is 1. The van der Waals surface area contributed by atoms with Crippen molar-refractivity contribution < 1.29 is 4.79 Å². The molecule has 1 aromatic carbocycles. The maximum atomic E-state index is 11.5. The van der Waals surface area contributed by atoms with E-state index in [2.05, 4.69) is 10.6 Å². The average Bonchev–Trinajstić information content (AvgIpc) is 3.06. The van der Waals surface area contributed by atoms with E-state index in [1.54, 1.807) is 18.3 Å². The molecule has 0 aliphatic heterocycles. The van der Waals surface area contributed by atoms with E-state index < -0.39 is 0 Å². The van der Waals surface area contributed by atoms with Crippen molar-refractivity contribution >= 4 is 23.3 Å². The Bertz CT molecular complexity index is 453. The van der Waals surface area contributed by atoms with Gasteiger partial charge in [-0.15, -0.1) is 0 Å². The smallest absolute Gasteiger partial charge is 0.315 e. The number of carbonyl (C=O) groups is 1. The van der Waals surface area contributed by atoms with Gasteiger partial charge in [-0.3, -0.25) is 0 Å². The summed E-state index contributed by atoms with van der Waals surface area (Å²) in [4.78, 5) is 11.5. The molecule has 0 atom stereocenters. The predicted octanol–water partition coefficient (Wildman–Crippen LogP) is 3.69. The third kappa shape index (κ3) is 3.79. The van der Waals surface area contributed by atoms with E-state index in [0.29, 0.717) is 10.9 Å². The van der Waals surface area contributed by atoms with Crippen molar-refractivity contribution in [3.63, 3.8) is 0 Å². The van der Waals surface area contributed by atoms with Crippen molar-refractivity contribution in [1.82, 2.24) is 5.32 Å². The highest BCUT2D eigenvalue weighted by Crippen LogP contribution is 2.29. The van der Waals surface area contributed by atoms with Gasteiger partial charge in [-0.05, 0) is 49.4 Å². The van der Waals surface area contributed by atoms with E-state index in [9.17, 15) is 4.79 Å². The molecule has 2 N–H and O–H groups in total. The Morgan fingerprint density at radius 3 is 2.88 bits per heavy atom. The first kappa shape index (κ1) is 12.0. The van der Waals surface area contributed by atoms with Crippen molar-refractivity contribution in [1.29, 1.82) is 0 Å². The van der Waals surface area contributed by atoms with E-state index in [1.165, 1.54) is 12.8 Å². The van der Waals surface area contributed by atoms with Gasteiger partial charge >= 0.3 is 6.03 Å². The molecule has 0 saturated heterocycles. The number of aryl methyl sites for hydroxylation is 1. The van der Waals surface area contributed by atoms with Gasteiger partial charge in [0.2, 0.25) is 0 Å². The SMILES string of the molecule is Cc1cc(Cl)ccc1NC(=O)N/C=C/C1CC1. The van der Waals surface area contributed by atoms with E-state index in [-0.39, 0.29) is 6.03 Å². The zero-order valence-electron chi connectivity index (χ0n) is 9.66. The van der Waals surface area contributed by atoms with E-state index >= 15 is 0 Å². The second-order valence-electron chi connectivity index (χ2n) is 4.25. The van der Waals surface area contributed by atoms with Crippen molar-refractivity contribution in [3.05, 3.63) is 41.1 Å². The van der Waals surface area contributed by atoms with Crippen molar-refractivity contribution in [2.75, 3.05) is 5.32 Å². The Balaban J connectivity index is 1.88. The molecule has 2 amide bonds. The van der Waals surface area contributed by atoms with Gasteiger partial charge in [-0.25, -0.2) is 4.79 Å². The number of allylic oxidation sites excluding steroid dienone is 1. The van der Waals surface area contributed by atoms with Crippen LogP contribution in [0.5, 0.6) is 0 Å². The number of benzene rings is 1. The Kier molecular flexibility index (Phi) is 3.69. The van der Waals surface area contributed by atoms with Crippen LogP contribution in [0.15, 0.2) is 30.5 Å². The Morgan fingerprint density at radius 1 is 1.47 bits per heavy atom. The summed E-state index contributed by atoms with van der Waals surface area (Å²) in [6.45, 7) is 1.90. The second-order valence-corrected chi connectivity index (χ2v) is 4.69. The normalized spacial score (nSPS) is 14.9. The number of hydrogen-bond acceptors (Lipinski definition) is 1. The van der Waals surface area contributed by atoms with Crippen LogP contribution in [0, 0.1) is 12.8 Å². The maximum Gasteiger partial charge on any atom is 0.323 e. The fourth-order valence-electron chi connectivity index (χ4n) is 1.47. The molecule has 0 spiro atoms. The van der Waals surface area contributed by atoms with Gasteiger partial charge in [0.15, 0.2) is 0 Å². The van der Waals surface area contributed by atoms with Crippen LogP contribution >= 0.6 is 11.6 Å². The summed E-state index contributed by atoms with van der Waals surface area (Å²) in [5.41, 5.74) is 1.71. The van der Waals surface area contributed by atoms with Gasteiger partial charge in [0.1, 0.15) is 0 Å². The zero-order chi connectivity index (χ0) is 12.3. The molecule has 90 valence electrons. The maximum absolute atomic E-state index is 11.5. The molecule has 0 aromatic heterocycles. The molecule has 1 saturated carbocycles. The van der Waals surface area contributed by atoms with Gasteiger partial charge in [0.25, 0.3) is 0 Å². The quantitative estimate of drug-likeness (QED) is 0.844. The number of anilines is 1. The summed E-state index contributed by atoms with van der Waals surface area (Å²) in [6, 6.07) is 5.14. The largest absolute Gasteiger partial charge is 0.323 e. The summed E-state index contributed by atoms with van der Waals surface area (Å²) < 4.78 is 0. The topological polar surface area (TPSA) is 41.1 Å². The lowest BCUT2D eigenvalue weighted by molar-refractivity contribution is 0.255. The molecule has 3 nitrogen and oxygen atoms in total. The Labute approximate surface area is 106 Å². The van der Waals surface area contributed by atoms with Crippen LogP contribution < -0.4 is 10.6 Å². The lowest BCUT2D eigenvalue weighted by atomic mass is 10.2. The molecule has 0 bridgehead atoms. The highest BCUT2D eigenvalue weighted by atomic mass is 35.5. The van der Waals surface area contributed by atoms with Gasteiger partial charge in [0, 0.05) is 16.9 Å². The lowest BCUT2D eigenvalue weighted by Crippen LogP contribution is -2.24. The first-order chi connectivity index (χ1) is 8.15. The molecule has 0 heterocycles. The van der Waals surface area contributed by atoms with Crippen LogP contribution in [0.2, 0.25) is 5.02 Å². The highest BCUT2D eigenvalue weighted by Gasteiger charge is 2.17. The number of carbonyl (C=O) groups excluding carboxylic acids is 1. The average molecular weight is 251 g/mol. The number of hydrogen-bond donors (Lipinski definition) is 2. The number of halogens is 1. The van der Waals surface area contributed by atoms with Crippen LogP contribution in [-0.4, -0.2) is 6.03 Å². The van der Waals surface area contributed by atoms with Gasteiger partial charge in [-0.2, -0.15) is 0 Å². The molecule has 1 fully saturated rings. The molecule has 2 rings (SSSR count). The van der Waals surface area contributed by atoms with Crippen molar-refractivity contribution in [3.8, 4) is 0 Å². The first-order valence-corrected chi connectivity index (χ1v) is 6.03. The summed E-state index contributed by atoms with van der Waals surface area (Å²) in [5.74, 6) is 0.660. The molecular weight excluding hydrogens is 236 g/mol. The minimum atomic E-state index is -0.229. The van der Waals surface area contributed by atoms with Crippen LogP contribution in [0.3, 0.4) is 0 Å².